The second-order valence-corrected chi connectivity index (χ2v) is 7.45. The van der Waals surface area contributed by atoms with Crippen molar-refractivity contribution >= 4 is 10.9 Å². The first-order valence-corrected chi connectivity index (χ1v) is 9.70. The molecule has 2 N–H and O–H groups in total. The Labute approximate surface area is 171 Å². The van der Waals surface area contributed by atoms with E-state index in [0.29, 0.717) is 35.0 Å². The number of alkyl halides is 2. The molecule has 4 aromatic heterocycles. The summed E-state index contributed by atoms with van der Waals surface area (Å²) < 4.78 is 29.0. The van der Waals surface area contributed by atoms with E-state index in [1.54, 1.807) is 36.8 Å². The highest BCUT2D eigenvalue weighted by atomic mass is 19.3. The fourth-order valence-corrected chi connectivity index (χ4v) is 3.78. The Hall–Kier alpha value is -3.33. The molecule has 0 aromatic carbocycles. The van der Waals surface area contributed by atoms with Crippen molar-refractivity contribution in [1.82, 2.24) is 35.5 Å². The standard InChI is InChI=1S/C21H19F2N7/c1-12-8-25-11-19(27-12)18-7-17-13(9-26-30-17)20(29-18)16-4-2-3-15(28-16)14-10-24-6-5-21(14,22)23/h2-4,7-9,11,14,24H,5-6,10H2,1H3,(H,26,30)/t14-/m1/s1. The van der Waals surface area contributed by atoms with Crippen LogP contribution in [-0.2, 0) is 0 Å². The smallest absolute Gasteiger partial charge is 0.258 e. The van der Waals surface area contributed by atoms with Crippen LogP contribution < -0.4 is 5.32 Å². The maximum atomic E-state index is 14.5. The molecule has 4 aromatic rings. The molecule has 152 valence electrons. The highest BCUT2D eigenvalue weighted by molar-refractivity contribution is 5.93. The number of pyridine rings is 2. The fourth-order valence-electron chi connectivity index (χ4n) is 3.78. The van der Waals surface area contributed by atoms with E-state index in [-0.39, 0.29) is 13.0 Å². The minimum atomic E-state index is -2.80. The summed E-state index contributed by atoms with van der Waals surface area (Å²) in [6, 6.07) is 7.02. The van der Waals surface area contributed by atoms with Crippen molar-refractivity contribution in [3.63, 3.8) is 0 Å². The number of aromatic nitrogens is 6. The number of nitrogens with one attached hydrogen (secondary N) is 2. The predicted molar refractivity (Wildman–Crippen MR) is 108 cm³/mol. The van der Waals surface area contributed by atoms with E-state index in [1.165, 1.54) is 0 Å². The van der Waals surface area contributed by atoms with Crippen molar-refractivity contribution in [1.29, 1.82) is 0 Å². The van der Waals surface area contributed by atoms with Gasteiger partial charge < -0.3 is 5.32 Å². The molecular formula is C21H19F2N7. The Morgan fingerprint density at radius 3 is 2.77 bits per heavy atom. The van der Waals surface area contributed by atoms with Gasteiger partial charge in [0.25, 0.3) is 5.92 Å². The minimum Gasteiger partial charge on any atom is -0.316 e. The average molecular weight is 407 g/mol. The van der Waals surface area contributed by atoms with Crippen LogP contribution >= 0.6 is 0 Å². The summed E-state index contributed by atoms with van der Waals surface area (Å²) in [5.74, 6) is -3.77. The van der Waals surface area contributed by atoms with Crippen LogP contribution in [0.25, 0.3) is 33.7 Å². The van der Waals surface area contributed by atoms with Gasteiger partial charge in [-0.1, -0.05) is 6.07 Å². The Bertz CT molecular complexity index is 1220. The lowest BCUT2D eigenvalue weighted by Gasteiger charge is -2.31. The number of rotatable bonds is 3. The summed E-state index contributed by atoms with van der Waals surface area (Å²) in [6.45, 7) is 2.35. The van der Waals surface area contributed by atoms with E-state index < -0.39 is 11.8 Å². The van der Waals surface area contributed by atoms with Crippen molar-refractivity contribution in [2.24, 2.45) is 0 Å². The number of aryl methyl sites for hydroxylation is 1. The predicted octanol–water partition coefficient (Wildman–Crippen LogP) is 3.50. The van der Waals surface area contributed by atoms with Crippen LogP contribution in [0.15, 0.2) is 42.9 Å². The molecule has 0 unspecified atom stereocenters. The summed E-state index contributed by atoms with van der Waals surface area (Å²) >= 11 is 0. The Morgan fingerprint density at radius 2 is 1.93 bits per heavy atom. The summed E-state index contributed by atoms with van der Waals surface area (Å²) in [4.78, 5) is 18.0. The van der Waals surface area contributed by atoms with E-state index in [9.17, 15) is 8.78 Å². The molecule has 1 saturated heterocycles. The van der Waals surface area contributed by atoms with E-state index in [0.717, 1.165) is 16.6 Å². The van der Waals surface area contributed by atoms with Crippen LogP contribution in [0.5, 0.6) is 0 Å². The molecule has 30 heavy (non-hydrogen) atoms. The Kier molecular flexibility index (Phi) is 4.47. The third-order valence-corrected chi connectivity index (χ3v) is 5.32. The van der Waals surface area contributed by atoms with Gasteiger partial charge in [0.1, 0.15) is 11.4 Å². The SMILES string of the molecule is Cc1cncc(-c2cc3[nH]ncc3c(-c3cccc([C@H]4CNCCC4(F)F)n3)n2)n1. The first kappa shape index (κ1) is 18.7. The molecule has 5 rings (SSSR count). The van der Waals surface area contributed by atoms with E-state index in [4.69, 9.17) is 4.98 Å². The van der Waals surface area contributed by atoms with Gasteiger partial charge in [-0.15, -0.1) is 0 Å². The van der Waals surface area contributed by atoms with Gasteiger partial charge in [-0.05, 0) is 25.1 Å². The highest BCUT2D eigenvalue weighted by Crippen LogP contribution is 2.38. The van der Waals surface area contributed by atoms with E-state index in [1.807, 2.05) is 13.0 Å². The second kappa shape index (κ2) is 7.17. The molecule has 1 aliphatic heterocycles. The molecule has 0 radical (unpaired) electrons. The number of nitrogens with zero attached hydrogens (tertiary/aromatic N) is 5. The lowest BCUT2D eigenvalue weighted by atomic mass is 9.91. The van der Waals surface area contributed by atoms with Gasteiger partial charge in [-0.3, -0.25) is 15.1 Å². The topological polar surface area (TPSA) is 92.3 Å². The number of H-pyrrole nitrogens is 1. The van der Waals surface area contributed by atoms with Gasteiger partial charge in [0.2, 0.25) is 0 Å². The number of piperidine rings is 1. The first-order valence-electron chi connectivity index (χ1n) is 9.70. The number of halogens is 2. The van der Waals surface area contributed by atoms with Gasteiger partial charge in [-0.25, -0.2) is 18.7 Å². The van der Waals surface area contributed by atoms with Gasteiger partial charge >= 0.3 is 0 Å². The molecule has 9 heteroatoms. The molecule has 0 aliphatic carbocycles. The lowest BCUT2D eigenvalue weighted by Crippen LogP contribution is -2.43. The van der Waals surface area contributed by atoms with Crippen LogP contribution in [0.4, 0.5) is 8.78 Å². The van der Waals surface area contributed by atoms with Gasteiger partial charge in [-0.2, -0.15) is 5.10 Å². The molecule has 1 fully saturated rings. The van der Waals surface area contributed by atoms with Crippen molar-refractivity contribution in [3.05, 3.63) is 54.2 Å². The molecular weight excluding hydrogens is 388 g/mol. The van der Waals surface area contributed by atoms with E-state index >= 15 is 0 Å². The molecule has 1 atom stereocenters. The van der Waals surface area contributed by atoms with Gasteiger partial charge in [0.05, 0.1) is 46.6 Å². The summed E-state index contributed by atoms with van der Waals surface area (Å²) in [5, 5.41) is 10.9. The average Bonchev–Trinajstić information content (AvgIpc) is 3.21. The Morgan fingerprint density at radius 1 is 1.03 bits per heavy atom. The number of hydrogen-bond acceptors (Lipinski definition) is 6. The third-order valence-electron chi connectivity index (χ3n) is 5.32. The van der Waals surface area contributed by atoms with Crippen LogP contribution in [0.1, 0.15) is 23.7 Å². The van der Waals surface area contributed by atoms with Crippen LogP contribution in [-0.4, -0.2) is 49.1 Å². The highest BCUT2D eigenvalue weighted by Gasteiger charge is 2.43. The lowest BCUT2D eigenvalue weighted by molar-refractivity contribution is -0.0490. The summed E-state index contributed by atoms with van der Waals surface area (Å²) in [6.07, 6.45) is 4.77. The van der Waals surface area contributed by atoms with Crippen molar-refractivity contribution in [2.45, 2.75) is 25.2 Å². The monoisotopic (exact) mass is 407 g/mol. The molecule has 1 aliphatic rings. The first-order chi connectivity index (χ1) is 14.5. The normalized spacial score (nSPS) is 18.6. The third kappa shape index (κ3) is 3.30. The number of aromatic amines is 1. The van der Waals surface area contributed by atoms with Gasteiger partial charge in [0.15, 0.2) is 0 Å². The van der Waals surface area contributed by atoms with Crippen molar-refractivity contribution in [2.75, 3.05) is 13.1 Å². The van der Waals surface area contributed by atoms with Crippen molar-refractivity contribution < 1.29 is 8.78 Å². The second-order valence-electron chi connectivity index (χ2n) is 7.45. The maximum absolute atomic E-state index is 14.5. The Balaban J connectivity index is 1.64. The number of fused-ring (bicyclic) bond motifs is 1. The molecule has 0 spiro atoms. The fraction of sp³-hybridized carbons (Fsp3) is 0.286. The maximum Gasteiger partial charge on any atom is 0.258 e. The zero-order chi connectivity index (χ0) is 20.7. The zero-order valence-corrected chi connectivity index (χ0v) is 16.2. The van der Waals surface area contributed by atoms with Crippen LogP contribution in [0, 0.1) is 6.92 Å². The van der Waals surface area contributed by atoms with Crippen molar-refractivity contribution in [3.8, 4) is 22.8 Å². The minimum absolute atomic E-state index is 0.191. The zero-order valence-electron chi connectivity index (χ0n) is 16.2. The quantitative estimate of drug-likeness (QED) is 0.540. The van der Waals surface area contributed by atoms with Crippen LogP contribution in [0.2, 0.25) is 0 Å². The van der Waals surface area contributed by atoms with Gasteiger partial charge in [0, 0.05) is 31.1 Å². The molecule has 0 bridgehead atoms. The van der Waals surface area contributed by atoms with E-state index in [2.05, 4.69) is 30.5 Å². The number of hydrogen-bond donors (Lipinski definition) is 2. The summed E-state index contributed by atoms with van der Waals surface area (Å²) in [5.41, 5.74) is 4.18. The molecule has 5 heterocycles. The largest absolute Gasteiger partial charge is 0.316 e. The molecule has 0 amide bonds. The molecule has 7 nitrogen and oxygen atoms in total. The molecule has 0 saturated carbocycles. The van der Waals surface area contributed by atoms with Crippen LogP contribution in [0.3, 0.4) is 0 Å². The summed E-state index contributed by atoms with van der Waals surface area (Å²) in [7, 11) is 0.